The summed E-state index contributed by atoms with van der Waals surface area (Å²) in [4.78, 5) is 10.1. The Morgan fingerprint density at radius 1 is 1.39 bits per heavy atom. The molecule has 0 saturated heterocycles. The lowest BCUT2D eigenvalue weighted by molar-refractivity contribution is 0.659. The van der Waals surface area contributed by atoms with Gasteiger partial charge >= 0.3 is 0 Å². The third kappa shape index (κ3) is 2.06. The summed E-state index contributed by atoms with van der Waals surface area (Å²) >= 11 is 1.63. The van der Waals surface area contributed by atoms with Crippen LogP contribution in [0.25, 0.3) is 10.2 Å². The maximum atomic E-state index is 4.56. The van der Waals surface area contributed by atoms with Crippen molar-refractivity contribution in [1.82, 2.24) is 19.7 Å². The van der Waals surface area contributed by atoms with Crippen LogP contribution in [0.15, 0.2) is 29.9 Å². The highest BCUT2D eigenvalue weighted by molar-refractivity contribution is 7.16. The fraction of sp³-hybridized carbons (Fsp3) is 0.250. The van der Waals surface area contributed by atoms with Crippen molar-refractivity contribution in [3.05, 3.63) is 35.7 Å². The number of fused-ring (bicyclic) bond motifs is 1. The molecule has 0 amide bonds. The summed E-state index contributed by atoms with van der Waals surface area (Å²) in [5.74, 6) is 1.69. The van der Waals surface area contributed by atoms with Crippen molar-refractivity contribution >= 4 is 27.4 Å². The average molecular weight is 259 g/mol. The van der Waals surface area contributed by atoms with Gasteiger partial charge < -0.3 is 5.32 Å². The predicted octanol–water partition coefficient (Wildman–Crippen LogP) is 2.37. The molecule has 0 fully saturated rings. The highest BCUT2D eigenvalue weighted by Crippen LogP contribution is 2.25. The molecule has 3 aromatic rings. The number of aromatic nitrogens is 4. The lowest BCUT2D eigenvalue weighted by Gasteiger charge is -2.07. The molecular formula is C12H13N5S. The zero-order valence-electron chi connectivity index (χ0n) is 10.00. The zero-order chi connectivity index (χ0) is 12.4. The number of hydrogen-bond donors (Lipinski definition) is 1. The third-order valence-corrected chi connectivity index (χ3v) is 3.38. The minimum absolute atomic E-state index is 0.596. The molecule has 0 aliphatic heterocycles. The molecule has 0 spiro atoms. The molecule has 0 aliphatic rings. The van der Waals surface area contributed by atoms with E-state index in [4.69, 9.17) is 0 Å². The molecule has 3 aromatic heterocycles. The first-order chi connectivity index (χ1) is 8.86. The third-order valence-electron chi connectivity index (χ3n) is 2.58. The Balaban J connectivity index is 2.01. The summed E-state index contributed by atoms with van der Waals surface area (Å²) in [5.41, 5.74) is 0. The summed E-state index contributed by atoms with van der Waals surface area (Å²) in [6.07, 6.45) is 3.67. The normalized spacial score (nSPS) is 10.9. The van der Waals surface area contributed by atoms with Gasteiger partial charge in [0.1, 0.15) is 17.2 Å². The van der Waals surface area contributed by atoms with Crippen LogP contribution in [-0.4, -0.2) is 26.3 Å². The van der Waals surface area contributed by atoms with Gasteiger partial charge in [0.05, 0.1) is 5.39 Å². The summed E-state index contributed by atoms with van der Waals surface area (Å²) in [6, 6.07) is 3.95. The number of anilines is 1. The number of hydrogen-bond acceptors (Lipinski definition) is 5. The molecule has 0 atom stereocenters. The van der Waals surface area contributed by atoms with Crippen LogP contribution in [0, 0.1) is 0 Å². The second-order valence-electron chi connectivity index (χ2n) is 3.86. The number of nitrogens with one attached hydrogen (secondary N) is 1. The zero-order valence-corrected chi connectivity index (χ0v) is 10.8. The van der Waals surface area contributed by atoms with Crippen LogP contribution in [0.1, 0.15) is 12.7 Å². The van der Waals surface area contributed by atoms with E-state index in [1.165, 1.54) is 0 Å². The molecule has 1 N–H and O–H groups in total. The van der Waals surface area contributed by atoms with E-state index in [0.29, 0.717) is 6.54 Å². The monoisotopic (exact) mass is 259 g/mol. The molecule has 0 aromatic carbocycles. The molecule has 3 rings (SSSR count). The molecule has 0 saturated carbocycles. The maximum Gasteiger partial charge on any atom is 0.153 e. The van der Waals surface area contributed by atoms with E-state index in [0.717, 1.165) is 28.4 Å². The predicted molar refractivity (Wildman–Crippen MR) is 72.9 cm³/mol. The van der Waals surface area contributed by atoms with E-state index >= 15 is 0 Å². The van der Waals surface area contributed by atoms with E-state index in [9.17, 15) is 0 Å². The number of nitrogens with zero attached hydrogens (tertiary/aromatic N) is 4. The molecule has 5 nitrogen and oxygen atoms in total. The van der Waals surface area contributed by atoms with Crippen LogP contribution < -0.4 is 5.32 Å². The van der Waals surface area contributed by atoms with Crippen LogP contribution in [0.2, 0.25) is 0 Å². The smallest absolute Gasteiger partial charge is 0.153 e. The fourth-order valence-electron chi connectivity index (χ4n) is 1.81. The Morgan fingerprint density at radius 3 is 3.11 bits per heavy atom. The first-order valence-electron chi connectivity index (χ1n) is 5.82. The molecule has 0 aliphatic carbocycles. The second-order valence-corrected chi connectivity index (χ2v) is 4.76. The largest absolute Gasteiger partial charge is 0.370 e. The van der Waals surface area contributed by atoms with Gasteiger partial charge in [-0.25, -0.2) is 9.97 Å². The SMILES string of the molecule is CCNc1nc(Cn2cccn2)nc2sccc12. The highest BCUT2D eigenvalue weighted by Gasteiger charge is 2.08. The Hall–Kier alpha value is -1.95. The van der Waals surface area contributed by atoms with E-state index < -0.39 is 0 Å². The van der Waals surface area contributed by atoms with E-state index in [-0.39, 0.29) is 0 Å². The quantitative estimate of drug-likeness (QED) is 0.781. The van der Waals surface area contributed by atoms with Gasteiger partial charge in [-0.3, -0.25) is 4.68 Å². The van der Waals surface area contributed by atoms with Crippen LogP contribution in [-0.2, 0) is 6.54 Å². The Bertz CT molecular complexity index is 644. The van der Waals surface area contributed by atoms with Crippen molar-refractivity contribution < 1.29 is 0 Å². The minimum Gasteiger partial charge on any atom is -0.370 e. The lowest BCUT2D eigenvalue weighted by Crippen LogP contribution is -2.08. The molecule has 6 heteroatoms. The van der Waals surface area contributed by atoms with Crippen molar-refractivity contribution in [2.45, 2.75) is 13.5 Å². The summed E-state index contributed by atoms with van der Waals surface area (Å²) in [7, 11) is 0. The van der Waals surface area contributed by atoms with Gasteiger partial charge in [-0.1, -0.05) is 0 Å². The van der Waals surface area contributed by atoms with Gasteiger partial charge in [-0.2, -0.15) is 5.10 Å². The molecule has 0 bridgehead atoms. The number of thiophene rings is 1. The first-order valence-corrected chi connectivity index (χ1v) is 6.70. The Labute approximate surface area is 109 Å². The minimum atomic E-state index is 0.596. The van der Waals surface area contributed by atoms with Crippen molar-refractivity contribution in [3.63, 3.8) is 0 Å². The van der Waals surface area contributed by atoms with Gasteiger partial charge in [0.25, 0.3) is 0 Å². The summed E-state index contributed by atoms with van der Waals surface area (Å²) in [5, 5.41) is 10.6. The summed E-state index contributed by atoms with van der Waals surface area (Å²) < 4.78 is 1.82. The van der Waals surface area contributed by atoms with Gasteiger partial charge in [-0.15, -0.1) is 11.3 Å². The highest BCUT2D eigenvalue weighted by atomic mass is 32.1. The molecular weight excluding hydrogens is 246 g/mol. The van der Waals surface area contributed by atoms with Crippen molar-refractivity contribution in [2.75, 3.05) is 11.9 Å². The van der Waals surface area contributed by atoms with Gasteiger partial charge in [0.15, 0.2) is 5.82 Å². The lowest BCUT2D eigenvalue weighted by atomic mass is 10.3. The fourth-order valence-corrected chi connectivity index (χ4v) is 2.59. The standard InChI is InChI=1S/C12H13N5S/c1-2-13-11-9-4-7-18-12(9)16-10(15-11)8-17-6-3-5-14-17/h3-7H,2,8H2,1H3,(H,13,15,16). The van der Waals surface area contributed by atoms with Crippen LogP contribution in [0.5, 0.6) is 0 Å². The van der Waals surface area contributed by atoms with E-state index in [1.807, 2.05) is 22.3 Å². The van der Waals surface area contributed by atoms with E-state index in [2.05, 4.69) is 33.4 Å². The molecule has 92 valence electrons. The van der Waals surface area contributed by atoms with Crippen molar-refractivity contribution in [3.8, 4) is 0 Å². The van der Waals surface area contributed by atoms with Crippen molar-refractivity contribution in [2.24, 2.45) is 0 Å². The Morgan fingerprint density at radius 2 is 2.33 bits per heavy atom. The van der Waals surface area contributed by atoms with Gasteiger partial charge in [0.2, 0.25) is 0 Å². The van der Waals surface area contributed by atoms with Gasteiger partial charge in [-0.05, 0) is 24.4 Å². The molecule has 3 heterocycles. The second kappa shape index (κ2) is 4.73. The Kier molecular flexibility index (Phi) is 2.93. The van der Waals surface area contributed by atoms with Gasteiger partial charge in [0, 0.05) is 18.9 Å². The average Bonchev–Trinajstić information content (AvgIpc) is 3.00. The molecule has 0 radical (unpaired) electrons. The van der Waals surface area contributed by atoms with Crippen LogP contribution in [0.4, 0.5) is 5.82 Å². The number of rotatable bonds is 4. The topological polar surface area (TPSA) is 55.6 Å². The molecule has 18 heavy (non-hydrogen) atoms. The van der Waals surface area contributed by atoms with Crippen molar-refractivity contribution in [1.29, 1.82) is 0 Å². The van der Waals surface area contributed by atoms with Crippen LogP contribution in [0.3, 0.4) is 0 Å². The summed E-state index contributed by atoms with van der Waals surface area (Å²) in [6.45, 7) is 3.51. The van der Waals surface area contributed by atoms with E-state index in [1.54, 1.807) is 17.5 Å². The molecule has 0 unspecified atom stereocenters. The van der Waals surface area contributed by atoms with Crippen LogP contribution >= 0.6 is 11.3 Å². The first kappa shape index (κ1) is 11.2. The maximum absolute atomic E-state index is 4.56.